The normalized spacial score (nSPS) is 10.6. The van der Waals surface area contributed by atoms with Gasteiger partial charge in [0.2, 0.25) is 0 Å². The van der Waals surface area contributed by atoms with E-state index in [1.165, 1.54) is 0 Å². The molecule has 0 aliphatic rings. The van der Waals surface area contributed by atoms with Crippen LogP contribution in [0, 0.1) is 0 Å². The van der Waals surface area contributed by atoms with E-state index in [0.29, 0.717) is 6.61 Å². The van der Waals surface area contributed by atoms with E-state index in [-0.39, 0.29) is 0 Å². The van der Waals surface area contributed by atoms with Gasteiger partial charge >= 0.3 is 0 Å². The second-order valence-corrected chi connectivity index (χ2v) is 6.44. The van der Waals surface area contributed by atoms with Gasteiger partial charge in [0.05, 0.1) is 0 Å². The van der Waals surface area contributed by atoms with E-state index >= 15 is 0 Å². The Morgan fingerprint density at radius 2 is 1.67 bits per heavy atom. The molecule has 2 aromatic carbocycles. The maximum absolute atomic E-state index is 5.81. The molecule has 27 heavy (non-hydrogen) atoms. The van der Waals surface area contributed by atoms with Gasteiger partial charge in [-0.05, 0) is 43.9 Å². The van der Waals surface area contributed by atoms with Crippen molar-refractivity contribution in [3.63, 3.8) is 0 Å². The fourth-order valence-electron chi connectivity index (χ4n) is 2.45. The first kappa shape index (κ1) is 18.7. The number of anilines is 3. The number of hydrogen-bond acceptors (Lipinski definition) is 6. The van der Waals surface area contributed by atoms with Crippen LogP contribution in [0.1, 0.15) is 5.56 Å². The Morgan fingerprint density at radius 1 is 0.926 bits per heavy atom. The van der Waals surface area contributed by atoms with Crippen molar-refractivity contribution in [2.24, 2.45) is 0 Å². The third kappa shape index (κ3) is 6.27. The molecular formula is C21H25N5O. The highest BCUT2D eigenvalue weighted by Gasteiger charge is 2.01. The van der Waals surface area contributed by atoms with Crippen molar-refractivity contribution >= 4 is 17.3 Å². The molecule has 0 bridgehead atoms. The first-order valence-corrected chi connectivity index (χ1v) is 8.93. The van der Waals surface area contributed by atoms with Crippen molar-refractivity contribution in [2.45, 2.75) is 6.61 Å². The summed E-state index contributed by atoms with van der Waals surface area (Å²) in [4.78, 5) is 10.6. The van der Waals surface area contributed by atoms with E-state index in [9.17, 15) is 0 Å². The minimum Gasteiger partial charge on any atom is -0.489 e. The zero-order chi connectivity index (χ0) is 18.9. The van der Waals surface area contributed by atoms with Crippen molar-refractivity contribution in [1.29, 1.82) is 0 Å². The van der Waals surface area contributed by atoms with Crippen LogP contribution in [-0.2, 0) is 6.61 Å². The second-order valence-electron chi connectivity index (χ2n) is 6.44. The van der Waals surface area contributed by atoms with Crippen LogP contribution < -0.4 is 15.4 Å². The Kier molecular flexibility index (Phi) is 6.60. The van der Waals surface area contributed by atoms with Gasteiger partial charge in [-0.25, -0.2) is 9.97 Å². The van der Waals surface area contributed by atoms with E-state index in [4.69, 9.17) is 4.74 Å². The Bertz CT molecular complexity index is 821. The summed E-state index contributed by atoms with van der Waals surface area (Å²) in [5.41, 5.74) is 2.09. The average Bonchev–Trinajstić information content (AvgIpc) is 2.68. The Labute approximate surface area is 160 Å². The molecule has 6 heteroatoms. The summed E-state index contributed by atoms with van der Waals surface area (Å²) in [5.74, 6) is 2.38. The largest absolute Gasteiger partial charge is 0.489 e. The zero-order valence-corrected chi connectivity index (χ0v) is 15.7. The summed E-state index contributed by atoms with van der Waals surface area (Å²) >= 11 is 0. The van der Waals surface area contributed by atoms with Crippen LogP contribution in [0.4, 0.5) is 17.3 Å². The molecule has 3 rings (SSSR count). The van der Waals surface area contributed by atoms with Gasteiger partial charge in [-0.2, -0.15) is 0 Å². The minimum absolute atomic E-state index is 0.557. The van der Waals surface area contributed by atoms with Crippen LogP contribution in [0.5, 0.6) is 5.75 Å². The highest BCUT2D eigenvalue weighted by molar-refractivity contribution is 5.59. The number of hydrogen-bond donors (Lipinski definition) is 2. The summed E-state index contributed by atoms with van der Waals surface area (Å²) < 4.78 is 5.81. The van der Waals surface area contributed by atoms with Gasteiger partial charge in [-0.3, -0.25) is 0 Å². The summed E-state index contributed by atoms with van der Waals surface area (Å²) in [6, 6.07) is 19.9. The molecule has 0 spiro atoms. The Morgan fingerprint density at radius 3 is 2.41 bits per heavy atom. The highest BCUT2D eigenvalue weighted by Crippen LogP contribution is 2.20. The number of benzene rings is 2. The quantitative estimate of drug-likeness (QED) is 0.603. The predicted octanol–water partition coefficient (Wildman–Crippen LogP) is 3.77. The molecule has 0 atom stereocenters. The van der Waals surface area contributed by atoms with Crippen LogP contribution in [-0.4, -0.2) is 42.1 Å². The number of rotatable bonds is 9. The van der Waals surface area contributed by atoms with Crippen LogP contribution in [0.25, 0.3) is 0 Å². The lowest BCUT2D eigenvalue weighted by molar-refractivity contribution is 0.306. The molecule has 0 fully saturated rings. The summed E-state index contributed by atoms with van der Waals surface area (Å²) in [6.07, 6.45) is 1.55. The first-order chi connectivity index (χ1) is 13.2. The van der Waals surface area contributed by atoms with Gasteiger partial charge in [0, 0.05) is 24.8 Å². The average molecular weight is 363 g/mol. The van der Waals surface area contributed by atoms with Gasteiger partial charge in [0.25, 0.3) is 0 Å². The van der Waals surface area contributed by atoms with Crippen LogP contribution in [0.2, 0.25) is 0 Å². The molecule has 1 aromatic heterocycles. The van der Waals surface area contributed by atoms with Gasteiger partial charge in [-0.1, -0.05) is 30.3 Å². The molecule has 0 radical (unpaired) electrons. The highest BCUT2D eigenvalue weighted by atomic mass is 16.5. The number of ether oxygens (including phenoxy) is 1. The molecule has 0 aliphatic carbocycles. The summed E-state index contributed by atoms with van der Waals surface area (Å²) in [6.45, 7) is 2.33. The molecule has 140 valence electrons. The van der Waals surface area contributed by atoms with Crippen molar-refractivity contribution < 1.29 is 4.74 Å². The monoisotopic (exact) mass is 363 g/mol. The molecular weight excluding hydrogens is 338 g/mol. The first-order valence-electron chi connectivity index (χ1n) is 8.93. The molecule has 6 nitrogen and oxygen atoms in total. The number of nitrogens with zero attached hydrogens (tertiary/aromatic N) is 3. The van der Waals surface area contributed by atoms with Gasteiger partial charge in [-0.15, -0.1) is 0 Å². The maximum atomic E-state index is 5.81. The SMILES string of the molecule is CN(C)CCNc1cc(Nc2ccc(OCc3ccccc3)cc2)ncn1. The molecule has 0 saturated heterocycles. The molecule has 0 aliphatic heterocycles. The molecule has 2 N–H and O–H groups in total. The Hall–Kier alpha value is -3.12. The van der Waals surface area contributed by atoms with Crippen molar-refractivity contribution in [3.8, 4) is 5.75 Å². The van der Waals surface area contributed by atoms with E-state index < -0.39 is 0 Å². The molecule has 1 heterocycles. The van der Waals surface area contributed by atoms with Gasteiger partial charge in [0.15, 0.2) is 0 Å². The van der Waals surface area contributed by atoms with E-state index in [2.05, 4.69) is 37.6 Å². The lowest BCUT2D eigenvalue weighted by atomic mass is 10.2. The smallest absolute Gasteiger partial charge is 0.135 e. The maximum Gasteiger partial charge on any atom is 0.135 e. The van der Waals surface area contributed by atoms with E-state index in [0.717, 1.165) is 41.7 Å². The second kappa shape index (κ2) is 9.54. The standard InChI is InChI=1S/C21H25N5O/c1-26(2)13-12-22-20-14-21(24-16-23-20)25-18-8-10-19(11-9-18)27-15-17-6-4-3-5-7-17/h3-11,14,16H,12-13,15H2,1-2H3,(H2,22,23,24,25). The summed E-state index contributed by atoms with van der Waals surface area (Å²) in [5, 5.41) is 6.58. The third-order valence-electron chi connectivity index (χ3n) is 3.91. The third-order valence-corrected chi connectivity index (χ3v) is 3.91. The lowest BCUT2D eigenvalue weighted by Gasteiger charge is -2.12. The van der Waals surface area contributed by atoms with Gasteiger partial charge < -0.3 is 20.3 Å². The zero-order valence-electron chi connectivity index (χ0n) is 15.7. The van der Waals surface area contributed by atoms with Crippen LogP contribution in [0.15, 0.2) is 67.0 Å². The Balaban J connectivity index is 1.53. The summed E-state index contributed by atoms with van der Waals surface area (Å²) in [7, 11) is 4.09. The molecule has 0 saturated carbocycles. The van der Waals surface area contributed by atoms with Crippen molar-refractivity contribution in [2.75, 3.05) is 37.8 Å². The lowest BCUT2D eigenvalue weighted by Crippen LogP contribution is -2.21. The number of likely N-dealkylation sites (N-methyl/N-ethyl adjacent to an activating group) is 1. The topological polar surface area (TPSA) is 62.3 Å². The molecule has 0 amide bonds. The fraction of sp³-hybridized carbons (Fsp3) is 0.238. The number of nitrogens with one attached hydrogen (secondary N) is 2. The van der Waals surface area contributed by atoms with Crippen LogP contribution >= 0.6 is 0 Å². The predicted molar refractivity (Wildman–Crippen MR) is 110 cm³/mol. The number of aromatic nitrogens is 2. The van der Waals surface area contributed by atoms with Gasteiger partial charge in [0.1, 0.15) is 30.3 Å². The van der Waals surface area contributed by atoms with E-state index in [1.54, 1.807) is 6.33 Å². The molecule has 3 aromatic rings. The van der Waals surface area contributed by atoms with Crippen LogP contribution in [0.3, 0.4) is 0 Å². The van der Waals surface area contributed by atoms with E-state index in [1.807, 2.05) is 62.6 Å². The fourth-order valence-corrected chi connectivity index (χ4v) is 2.45. The molecule has 0 unspecified atom stereocenters. The minimum atomic E-state index is 0.557. The van der Waals surface area contributed by atoms with Crippen molar-refractivity contribution in [1.82, 2.24) is 14.9 Å². The van der Waals surface area contributed by atoms with Crippen molar-refractivity contribution in [3.05, 3.63) is 72.6 Å².